The number of anilines is 1. The van der Waals surface area contributed by atoms with Crippen molar-refractivity contribution in [2.24, 2.45) is 0 Å². The van der Waals surface area contributed by atoms with Crippen molar-refractivity contribution in [3.63, 3.8) is 0 Å². The number of sulfonamides is 1. The molecule has 30 heavy (non-hydrogen) atoms. The van der Waals surface area contributed by atoms with Gasteiger partial charge in [-0.05, 0) is 48.0 Å². The summed E-state index contributed by atoms with van der Waals surface area (Å²) >= 11 is 15.6. The Kier molecular flexibility index (Phi) is 7.55. The number of rotatable bonds is 7. The van der Waals surface area contributed by atoms with Crippen LogP contribution in [0.3, 0.4) is 0 Å². The van der Waals surface area contributed by atoms with Crippen LogP contribution >= 0.6 is 39.1 Å². The Balaban J connectivity index is 1.91. The van der Waals surface area contributed by atoms with Gasteiger partial charge in [0.15, 0.2) is 0 Å². The van der Waals surface area contributed by atoms with Gasteiger partial charge in [-0.25, -0.2) is 8.42 Å². The Morgan fingerprint density at radius 1 is 0.900 bits per heavy atom. The minimum atomic E-state index is -3.97. The monoisotopic (exact) mass is 526 g/mol. The van der Waals surface area contributed by atoms with E-state index in [1.165, 1.54) is 12.1 Å². The number of carbonyl (C=O) groups is 1. The number of para-hydroxylation sites is 1. The van der Waals surface area contributed by atoms with Crippen LogP contribution in [0.4, 0.5) is 5.69 Å². The van der Waals surface area contributed by atoms with E-state index in [0.717, 1.165) is 8.78 Å². The Morgan fingerprint density at radius 2 is 1.50 bits per heavy atom. The predicted octanol–water partition coefficient (Wildman–Crippen LogP) is 5.59. The van der Waals surface area contributed by atoms with Crippen LogP contribution in [0, 0.1) is 0 Å². The van der Waals surface area contributed by atoms with Gasteiger partial charge < -0.3 is 5.32 Å². The summed E-state index contributed by atoms with van der Waals surface area (Å²) in [6, 6.07) is 19.9. The van der Waals surface area contributed by atoms with Gasteiger partial charge in [0.2, 0.25) is 15.9 Å². The van der Waals surface area contributed by atoms with Crippen LogP contribution in [0.15, 0.2) is 82.2 Å². The molecule has 0 atom stereocenters. The lowest BCUT2D eigenvalue weighted by Gasteiger charge is -2.22. The summed E-state index contributed by atoms with van der Waals surface area (Å²) in [5.74, 6) is -0.518. The van der Waals surface area contributed by atoms with Crippen LogP contribution in [0.25, 0.3) is 0 Å². The van der Waals surface area contributed by atoms with Crippen LogP contribution in [-0.4, -0.2) is 25.2 Å². The number of nitrogens with one attached hydrogen (secondary N) is 1. The minimum Gasteiger partial charge on any atom is -0.324 e. The van der Waals surface area contributed by atoms with Crippen LogP contribution in [0.1, 0.15) is 5.56 Å². The quantitative estimate of drug-likeness (QED) is 0.435. The predicted molar refractivity (Wildman–Crippen MR) is 123 cm³/mol. The van der Waals surface area contributed by atoms with Gasteiger partial charge in [-0.2, -0.15) is 4.31 Å². The highest BCUT2D eigenvalue weighted by Crippen LogP contribution is 2.25. The molecule has 5 nitrogen and oxygen atoms in total. The number of hydrogen-bond donors (Lipinski definition) is 1. The summed E-state index contributed by atoms with van der Waals surface area (Å²) in [7, 11) is -3.97. The van der Waals surface area contributed by atoms with Gasteiger partial charge in [-0.1, -0.05) is 69.5 Å². The number of benzene rings is 3. The molecule has 0 fully saturated rings. The fourth-order valence-corrected chi connectivity index (χ4v) is 4.73. The Labute approximate surface area is 193 Å². The maximum atomic E-state index is 13.3. The highest BCUT2D eigenvalue weighted by Gasteiger charge is 2.27. The molecular formula is C21H17BrCl2N2O3S. The molecule has 0 unspecified atom stereocenters. The second kappa shape index (κ2) is 9.94. The molecule has 156 valence electrons. The SMILES string of the molecule is O=C(CN(Cc1ccccc1Cl)S(=O)(=O)c1ccc(Br)cc1)Nc1ccccc1Cl. The molecule has 0 saturated carbocycles. The van der Waals surface area contributed by atoms with Crippen molar-refractivity contribution in [3.8, 4) is 0 Å². The largest absolute Gasteiger partial charge is 0.324 e. The highest BCUT2D eigenvalue weighted by atomic mass is 79.9. The number of nitrogens with zero attached hydrogens (tertiary/aromatic N) is 1. The first-order chi connectivity index (χ1) is 14.3. The molecule has 3 aromatic carbocycles. The Hall–Kier alpha value is -1.90. The van der Waals surface area contributed by atoms with Gasteiger partial charge in [0, 0.05) is 16.0 Å². The Morgan fingerprint density at radius 3 is 2.13 bits per heavy atom. The summed E-state index contributed by atoms with van der Waals surface area (Å²) < 4.78 is 28.4. The first kappa shape index (κ1) is 22.8. The van der Waals surface area contributed by atoms with Gasteiger partial charge in [-0.3, -0.25) is 4.79 Å². The van der Waals surface area contributed by atoms with E-state index in [0.29, 0.717) is 21.3 Å². The van der Waals surface area contributed by atoms with Crippen molar-refractivity contribution in [3.05, 3.63) is 92.9 Å². The van der Waals surface area contributed by atoms with Crippen LogP contribution in [0.2, 0.25) is 10.0 Å². The molecule has 0 heterocycles. The molecule has 0 bridgehead atoms. The molecule has 0 aromatic heterocycles. The zero-order valence-corrected chi connectivity index (χ0v) is 19.5. The Bertz CT molecular complexity index is 1150. The fraction of sp³-hybridized carbons (Fsp3) is 0.0952. The third-order valence-electron chi connectivity index (χ3n) is 4.22. The average Bonchev–Trinajstić information content (AvgIpc) is 2.71. The number of amides is 1. The average molecular weight is 528 g/mol. The molecule has 1 N–H and O–H groups in total. The smallest absolute Gasteiger partial charge is 0.243 e. The summed E-state index contributed by atoms with van der Waals surface area (Å²) in [6.45, 7) is -0.469. The molecule has 3 rings (SSSR count). The zero-order valence-electron chi connectivity index (χ0n) is 15.6. The molecule has 0 aliphatic carbocycles. The van der Waals surface area contributed by atoms with E-state index in [2.05, 4.69) is 21.2 Å². The molecule has 0 aliphatic rings. The van der Waals surface area contributed by atoms with Crippen molar-refractivity contribution in [1.29, 1.82) is 0 Å². The molecule has 9 heteroatoms. The minimum absolute atomic E-state index is 0.0615. The molecule has 0 spiro atoms. The van der Waals surface area contributed by atoms with Gasteiger partial charge in [0.25, 0.3) is 0 Å². The highest BCUT2D eigenvalue weighted by molar-refractivity contribution is 9.10. The van der Waals surface area contributed by atoms with E-state index in [4.69, 9.17) is 23.2 Å². The summed E-state index contributed by atoms with van der Waals surface area (Å²) in [4.78, 5) is 12.7. The molecule has 0 radical (unpaired) electrons. The lowest BCUT2D eigenvalue weighted by Crippen LogP contribution is -2.37. The standard InChI is InChI=1S/C21H17BrCl2N2O3S/c22-16-9-11-17(12-10-16)30(28,29)26(13-15-5-1-2-6-18(15)23)14-21(27)25-20-8-4-3-7-19(20)24/h1-12H,13-14H2,(H,25,27). The number of hydrogen-bond acceptors (Lipinski definition) is 3. The fourth-order valence-electron chi connectivity index (χ4n) is 2.71. The first-order valence-corrected chi connectivity index (χ1v) is 11.8. The lowest BCUT2D eigenvalue weighted by atomic mass is 10.2. The van der Waals surface area contributed by atoms with Gasteiger partial charge in [-0.15, -0.1) is 0 Å². The molecule has 0 saturated heterocycles. The van der Waals surface area contributed by atoms with E-state index in [1.54, 1.807) is 60.7 Å². The topological polar surface area (TPSA) is 66.5 Å². The molecule has 1 amide bonds. The van der Waals surface area contributed by atoms with Crippen molar-refractivity contribution in [2.75, 3.05) is 11.9 Å². The van der Waals surface area contributed by atoms with Crippen molar-refractivity contribution in [1.82, 2.24) is 4.31 Å². The van der Waals surface area contributed by atoms with Crippen LogP contribution in [0.5, 0.6) is 0 Å². The summed E-state index contributed by atoms with van der Waals surface area (Å²) in [5, 5.41) is 3.43. The maximum absolute atomic E-state index is 13.3. The van der Waals surface area contributed by atoms with E-state index >= 15 is 0 Å². The second-order valence-corrected chi connectivity index (χ2v) is 10.0. The third kappa shape index (κ3) is 5.62. The van der Waals surface area contributed by atoms with Crippen molar-refractivity contribution >= 4 is 60.7 Å². The van der Waals surface area contributed by atoms with Crippen molar-refractivity contribution in [2.45, 2.75) is 11.4 Å². The van der Waals surface area contributed by atoms with Crippen molar-refractivity contribution < 1.29 is 13.2 Å². The van der Waals surface area contributed by atoms with E-state index in [1.807, 2.05) is 0 Å². The summed E-state index contributed by atoms with van der Waals surface area (Å²) in [5.41, 5.74) is 0.994. The van der Waals surface area contributed by atoms with E-state index in [9.17, 15) is 13.2 Å². The second-order valence-electron chi connectivity index (χ2n) is 6.35. The summed E-state index contributed by atoms with van der Waals surface area (Å²) in [6.07, 6.45) is 0. The zero-order chi connectivity index (χ0) is 21.7. The first-order valence-electron chi connectivity index (χ1n) is 8.81. The van der Waals surface area contributed by atoms with Crippen LogP contribution in [-0.2, 0) is 21.4 Å². The molecular weight excluding hydrogens is 511 g/mol. The molecule has 0 aliphatic heterocycles. The molecule has 3 aromatic rings. The van der Waals surface area contributed by atoms with E-state index in [-0.39, 0.29) is 11.4 Å². The van der Waals surface area contributed by atoms with Crippen LogP contribution < -0.4 is 5.32 Å². The number of halogens is 3. The van der Waals surface area contributed by atoms with E-state index < -0.39 is 22.5 Å². The van der Waals surface area contributed by atoms with Gasteiger partial charge in [0.05, 0.1) is 22.2 Å². The van der Waals surface area contributed by atoms with Gasteiger partial charge in [0.1, 0.15) is 0 Å². The normalized spacial score (nSPS) is 11.5. The maximum Gasteiger partial charge on any atom is 0.243 e. The van der Waals surface area contributed by atoms with Gasteiger partial charge >= 0.3 is 0 Å². The number of carbonyl (C=O) groups excluding carboxylic acids is 1. The lowest BCUT2D eigenvalue weighted by molar-refractivity contribution is -0.116. The third-order valence-corrected chi connectivity index (χ3v) is 7.26.